The van der Waals surface area contributed by atoms with E-state index in [4.69, 9.17) is 18.0 Å². The van der Waals surface area contributed by atoms with Gasteiger partial charge in [0, 0.05) is 18.1 Å². The minimum Gasteiger partial charge on any atom is -0.387 e. The number of nitrogens with one attached hydrogen (secondary N) is 1. The molecule has 0 aliphatic carbocycles. The second kappa shape index (κ2) is 5.57. The van der Waals surface area contributed by atoms with Gasteiger partial charge >= 0.3 is 0 Å². The average molecular weight is 278 g/mol. The highest BCUT2D eigenvalue weighted by Crippen LogP contribution is 2.08. The average Bonchev–Trinajstić information content (AvgIpc) is 2.80. The molecule has 0 spiro atoms. The molecular weight excluding hydrogens is 267 g/mol. The molecule has 0 aliphatic rings. The number of halogens is 1. The Labute approximate surface area is 114 Å². The molecule has 0 radical (unpaired) electrons. The highest BCUT2D eigenvalue weighted by Gasteiger charge is 2.09. The van der Waals surface area contributed by atoms with Crippen LogP contribution in [0.15, 0.2) is 36.7 Å². The van der Waals surface area contributed by atoms with Crippen LogP contribution in [0.3, 0.4) is 0 Å². The van der Waals surface area contributed by atoms with E-state index in [0.717, 1.165) is 0 Å². The van der Waals surface area contributed by atoms with Gasteiger partial charge < -0.3 is 15.6 Å². The maximum absolute atomic E-state index is 12.7. The Balaban J connectivity index is 2.03. The van der Waals surface area contributed by atoms with E-state index in [0.29, 0.717) is 11.5 Å². The predicted octanol–water partition coefficient (Wildman–Crippen LogP) is 1.30. The number of thiocarbonyl (C=S) groups is 1. The third kappa shape index (κ3) is 3.35. The van der Waals surface area contributed by atoms with Crippen LogP contribution in [0.1, 0.15) is 5.82 Å². The Kier molecular flexibility index (Phi) is 3.86. The molecule has 0 aliphatic heterocycles. The molecule has 0 saturated carbocycles. The third-order valence-electron chi connectivity index (χ3n) is 2.38. The number of benzene rings is 1. The van der Waals surface area contributed by atoms with Crippen LogP contribution in [0, 0.1) is 5.82 Å². The summed E-state index contributed by atoms with van der Waals surface area (Å²) in [5.74, 6) is -0.255. The molecular formula is C12H11FN4OS. The molecule has 0 bridgehead atoms. The summed E-state index contributed by atoms with van der Waals surface area (Å²) in [6.07, 6.45) is 3.12. The van der Waals surface area contributed by atoms with Gasteiger partial charge in [0.1, 0.15) is 17.4 Å². The summed E-state index contributed by atoms with van der Waals surface area (Å²) < 4.78 is 14.3. The van der Waals surface area contributed by atoms with Crippen LogP contribution >= 0.6 is 12.2 Å². The molecule has 5 nitrogen and oxygen atoms in total. The lowest BCUT2D eigenvalue weighted by molar-refractivity contribution is -0.116. The standard InChI is InChI=1S/C12H11FN4OS/c13-8-1-3-9(4-2-8)16-10(18)7-17-6-5-15-12(17)11(14)19/h1-6H,7H2,(H2,14,19)(H,16,18). The molecule has 3 N–H and O–H groups in total. The van der Waals surface area contributed by atoms with Crippen molar-refractivity contribution < 1.29 is 9.18 Å². The summed E-state index contributed by atoms with van der Waals surface area (Å²) in [6.45, 7) is 0.0318. The summed E-state index contributed by atoms with van der Waals surface area (Å²) in [4.78, 5) is 15.9. The van der Waals surface area contributed by atoms with Gasteiger partial charge in [-0.05, 0) is 24.3 Å². The molecule has 19 heavy (non-hydrogen) atoms. The van der Waals surface area contributed by atoms with E-state index in [1.54, 1.807) is 10.8 Å². The highest BCUT2D eigenvalue weighted by atomic mass is 32.1. The Hall–Kier alpha value is -2.28. The second-order valence-electron chi connectivity index (χ2n) is 3.80. The Bertz CT molecular complexity index is 608. The number of nitrogens with two attached hydrogens (primary N) is 1. The van der Waals surface area contributed by atoms with Crippen molar-refractivity contribution in [2.24, 2.45) is 5.73 Å². The molecule has 0 fully saturated rings. The summed E-state index contributed by atoms with van der Waals surface area (Å²) >= 11 is 4.82. The van der Waals surface area contributed by atoms with E-state index in [1.807, 2.05) is 0 Å². The first kappa shape index (κ1) is 13.2. The van der Waals surface area contributed by atoms with Crippen LogP contribution in [0.25, 0.3) is 0 Å². The van der Waals surface area contributed by atoms with Gasteiger partial charge in [0.2, 0.25) is 5.91 Å². The Morgan fingerprint density at radius 1 is 1.42 bits per heavy atom. The predicted molar refractivity (Wildman–Crippen MR) is 73.1 cm³/mol. The van der Waals surface area contributed by atoms with Gasteiger partial charge in [-0.25, -0.2) is 9.37 Å². The number of imidazole rings is 1. The summed E-state index contributed by atoms with van der Waals surface area (Å²) in [6, 6.07) is 5.51. The van der Waals surface area contributed by atoms with Crippen LogP contribution < -0.4 is 11.1 Å². The topological polar surface area (TPSA) is 72.9 Å². The van der Waals surface area contributed by atoms with Crippen molar-refractivity contribution in [1.82, 2.24) is 9.55 Å². The number of carbonyl (C=O) groups is 1. The van der Waals surface area contributed by atoms with Crippen molar-refractivity contribution in [3.63, 3.8) is 0 Å². The van der Waals surface area contributed by atoms with Crippen LogP contribution in [-0.4, -0.2) is 20.4 Å². The first-order valence-electron chi connectivity index (χ1n) is 5.42. The monoisotopic (exact) mass is 278 g/mol. The highest BCUT2D eigenvalue weighted by molar-refractivity contribution is 7.80. The summed E-state index contributed by atoms with van der Waals surface area (Å²) in [7, 11) is 0. The van der Waals surface area contributed by atoms with Crippen LogP contribution in [0.2, 0.25) is 0 Å². The van der Waals surface area contributed by atoms with Gasteiger partial charge in [-0.2, -0.15) is 0 Å². The zero-order valence-electron chi connectivity index (χ0n) is 9.84. The number of hydrogen-bond donors (Lipinski definition) is 2. The van der Waals surface area contributed by atoms with E-state index in [9.17, 15) is 9.18 Å². The normalized spacial score (nSPS) is 10.2. The van der Waals surface area contributed by atoms with E-state index < -0.39 is 0 Å². The van der Waals surface area contributed by atoms with Gasteiger partial charge in [-0.15, -0.1) is 0 Å². The van der Waals surface area contributed by atoms with Gasteiger partial charge in [0.15, 0.2) is 5.82 Å². The van der Waals surface area contributed by atoms with E-state index in [-0.39, 0.29) is 23.3 Å². The van der Waals surface area contributed by atoms with E-state index in [2.05, 4.69) is 10.3 Å². The molecule has 1 aromatic carbocycles. The molecule has 2 aromatic rings. The van der Waals surface area contributed by atoms with Crippen molar-refractivity contribution in [3.05, 3.63) is 48.3 Å². The molecule has 0 saturated heterocycles. The van der Waals surface area contributed by atoms with Crippen LogP contribution in [0.4, 0.5) is 10.1 Å². The smallest absolute Gasteiger partial charge is 0.244 e. The van der Waals surface area contributed by atoms with Gasteiger partial charge in [0.05, 0.1) is 0 Å². The number of nitrogens with zero attached hydrogens (tertiary/aromatic N) is 2. The maximum atomic E-state index is 12.7. The number of rotatable bonds is 4. The van der Waals surface area contributed by atoms with Crippen molar-refractivity contribution in [2.45, 2.75) is 6.54 Å². The van der Waals surface area contributed by atoms with Crippen molar-refractivity contribution in [2.75, 3.05) is 5.32 Å². The first-order valence-corrected chi connectivity index (χ1v) is 5.83. The molecule has 7 heteroatoms. The molecule has 2 rings (SSSR count). The maximum Gasteiger partial charge on any atom is 0.244 e. The molecule has 98 valence electrons. The lowest BCUT2D eigenvalue weighted by atomic mass is 10.3. The molecule has 0 unspecified atom stereocenters. The van der Waals surface area contributed by atoms with Crippen molar-refractivity contribution >= 4 is 28.8 Å². The lowest BCUT2D eigenvalue weighted by Crippen LogP contribution is -2.23. The first-order chi connectivity index (χ1) is 9.06. The zero-order chi connectivity index (χ0) is 13.8. The molecule has 0 atom stereocenters. The fourth-order valence-corrected chi connectivity index (χ4v) is 1.72. The number of carbonyl (C=O) groups excluding carboxylic acids is 1. The summed E-state index contributed by atoms with van der Waals surface area (Å²) in [5.41, 5.74) is 6.00. The van der Waals surface area contributed by atoms with Gasteiger partial charge in [0.25, 0.3) is 0 Å². The summed E-state index contributed by atoms with van der Waals surface area (Å²) in [5, 5.41) is 2.64. The van der Waals surface area contributed by atoms with Gasteiger partial charge in [-0.1, -0.05) is 12.2 Å². The molecule has 1 amide bonds. The van der Waals surface area contributed by atoms with Crippen LogP contribution in [0.5, 0.6) is 0 Å². The van der Waals surface area contributed by atoms with E-state index in [1.165, 1.54) is 30.5 Å². The number of anilines is 1. The van der Waals surface area contributed by atoms with Crippen molar-refractivity contribution in [3.8, 4) is 0 Å². The van der Waals surface area contributed by atoms with Gasteiger partial charge in [-0.3, -0.25) is 4.79 Å². The molecule has 1 heterocycles. The fourth-order valence-electron chi connectivity index (χ4n) is 1.55. The molecule has 1 aromatic heterocycles. The SMILES string of the molecule is NC(=S)c1nccn1CC(=O)Nc1ccc(F)cc1. The lowest BCUT2D eigenvalue weighted by Gasteiger charge is -2.08. The fraction of sp³-hybridized carbons (Fsp3) is 0.0833. The van der Waals surface area contributed by atoms with Crippen LogP contribution in [-0.2, 0) is 11.3 Å². The number of aromatic nitrogens is 2. The zero-order valence-corrected chi connectivity index (χ0v) is 10.7. The largest absolute Gasteiger partial charge is 0.387 e. The second-order valence-corrected chi connectivity index (χ2v) is 4.24. The Morgan fingerprint density at radius 2 is 2.11 bits per heavy atom. The number of hydrogen-bond acceptors (Lipinski definition) is 3. The Morgan fingerprint density at radius 3 is 2.74 bits per heavy atom. The minimum absolute atomic E-state index is 0.0318. The van der Waals surface area contributed by atoms with E-state index >= 15 is 0 Å². The third-order valence-corrected chi connectivity index (χ3v) is 2.56. The quantitative estimate of drug-likeness (QED) is 0.827. The number of amides is 1. The minimum atomic E-state index is -0.358. The van der Waals surface area contributed by atoms with Crippen molar-refractivity contribution in [1.29, 1.82) is 0 Å².